The average molecular weight is 503 g/mol. The van der Waals surface area contributed by atoms with Crippen molar-refractivity contribution in [1.82, 2.24) is 20.2 Å². The summed E-state index contributed by atoms with van der Waals surface area (Å²) in [7, 11) is 0. The highest BCUT2D eigenvalue weighted by Crippen LogP contribution is 2.36. The van der Waals surface area contributed by atoms with Gasteiger partial charge in [-0.15, -0.1) is 0 Å². The van der Waals surface area contributed by atoms with Gasteiger partial charge >= 0.3 is 0 Å². The second-order valence-electron chi connectivity index (χ2n) is 7.31. The molecule has 3 heterocycles. The summed E-state index contributed by atoms with van der Waals surface area (Å²) < 4.78 is 18.4. The first kappa shape index (κ1) is 24.5. The van der Waals surface area contributed by atoms with E-state index in [-0.39, 0.29) is 36.0 Å². The van der Waals surface area contributed by atoms with E-state index in [1.165, 1.54) is 30.1 Å². The number of ether oxygens (including phenoxy) is 1. The number of nitrogens with zero attached hydrogens (tertiary/aromatic N) is 5. The highest BCUT2D eigenvalue weighted by molar-refractivity contribution is 7.98. The van der Waals surface area contributed by atoms with Gasteiger partial charge < -0.3 is 20.9 Å². The van der Waals surface area contributed by atoms with Crippen LogP contribution >= 0.6 is 11.8 Å². The number of nitrogens with one attached hydrogen (secondary N) is 2. The largest absolute Gasteiger partial charge is 0.475 e. The maximum Gasteiger partial charge on any atom is 0.213 e. The molecule has 0 saturated carbocycles. The van der Waals surface area contributed by atoms with Crippen LogP contribution in [0.2, 0.25) is 0 Å². The Balaban J connectivity index is 1.57. The van der Waals surface area contributed by atoms with Gasteiger partial charge in [0, 0.05) is 46.6 Å². The molecule has 12 heteroatoms. The van der Waals surface area contributed by atoms with Gasteiger partial charge in [-0.05, 0) is 30.3 Å². The van der Waals surface area contributed by atoms with Crippen molar-refractivity contribution in [3.05, 3.63) is 71.3 Å². The van der Waals surface area contributed by atoms with Gasteiger partial charge in [0.2, 0.25) is 5.88 Å². The number of aliphatic hydroxyl groups is 1. The number of nitrogen functional groups attached to an aromatic ring is 1. The first-order valence-corrected chi connectivity index (χ1v) is 11.5. The number of aromatic amines is 1. The number of nitriles is 2. The third-order valence-corrected chi connectivity index (χ3v) is 5.92. The molecule has 5 N–H and O–H groups in total. The molecule has 0 spiro atoms. The maximum absolute atomic E-state index is 13.1. The van der Waals surface area contributed by atoms with Gasteiger partial charge in [-0.3, -0.25) is 5.10 Å². The molecule has 36 heavy (non-hydrogen) atoms. The van der Waals surface area contributed by atoms with Crippen LogP contribution in [-0.4, -0.2) is 38.5 Å². The van der Waals surface area contributed by atoms with Crippen molar-refractivity contribution in [2.75, 3.05) is 24.3 Å². The van der Waals surface area contributed by atoms with Gasteiger partial charge in [0.15, 0.2) is 5.82 Å². The molecule has 1 aromatic carbocycles. The first-order valence-electron chi connectivity index (χ1n) is 10.6. The molecule has 0 saturated heterocycles. The SMILES string of the molecule is N#Cc1c(N)nc(SCc2cc(Nc3ccc(F)cc3)n[nH]2)c(C#N)c1-c1ccc(OCCO)nc1. The molecule has 0 amide bonds. The van der Waals surface area contributed by atoms with E-state index in [1.807, 2.05) is 6.07 Å². The van der Waals surface area contributed by atoms with Crippen molar-refractivity contribution in [3.63, 3.8) is 0 Å². The Morgan fingerprint density at radius 2 is 1.92 bits per heavy atom. The van der Waals surface area contributed by atoms with Crippen LogP contribution in [0.3, 0.4) is 0 Å². The number of thioether (sulfide) groups is 1. The molecule has 4 aromatic rings. The lowest BCUT2D eigenvalue weighted by atomic mass is 9.98. The lowest BCUT2D eigenvalue weighted by Crippen LogP contribution is -2.05. The maximum atomic E-state index is 13.1. The fourth-order valence-corrected chi connectivity index (χ4v) is 4.18. The molecule has 0 fully saturated rings. The molecule has 0 radical (unpaired) electrons. The summed E-state index contributed by atoms with van der Waals surface area (Å²) >= 11 is 1.26. The van der Waals surface area contributed by atoms with E-state index in [2.05, 4.69) is 31.6 Å². The second kappa shape index (κ2) is 11.2. The summed E-state index contributed by atoms with van der Waals surface area (Å²) in [6, 6.07) is 15.1. The highest BCUT2D eigenvalue weighted by atomic mass is 32.2. The van der Waals surface area contributed by atoms with Crippen LogP contribution < -0.4 is 15.8 Å². The van der Waals surface area contributed by atoms with Crippen LogP contribution in [0, 0.1) is 28.5 Å². The number of benzene rings is 1. The van der Waals surface area contributed by atoms with Gasteiger partial charge in [0.05, 0.1) is 12.2 Å². The smallest absolute Gasteiger partial charge is 0.213 e. The van der Waals surface area contributed by atoms with Gasteiger partial charge in [-0.25, -0.2) is 14.4 Å². The molecule has 4 rings (SSSR count). The first-order chi connectivity index (χ1) is 17.5. The van der Waals surface area contributed by atoms with Crippen LogP contribution in [0.1, 0.15) is 16.8 Å². The molecule has 0 bridgehead atoms. The zero-order valence-corrected chi connectivity index (χ0v) is 19.5. The van der Waals surface area contributed by atoms with Crippen LogP contribution in [0.5, 0.6) is 5.88 Å². The van der Waals surface area contributed by atoms with Crippen LogP contribution in [-0.2, 0) is 5.75 Å². The molecule has 10 nitrogen and oxygen atoms in total. The number of H-pyrrole nitrogens is 1. The number of anilines is 3. The Morgan fingerprint density at radius 1 is 1.14 bits per heavy atom. The van der Waals surface area contributed by atoms with E-state index < -0.39 is 0 Å². The minimum atomic E-state index is -0.330. The lowest BCUT2D eigenvalue weighted by Gasteiger charge is -2.13. The topological polar surface area (TPSA) is 170 Å². The Hall–Kier alpha value is -4.65. The summed E-state index contributed by atoms with van der Waals surface area (Å²) in [6.07, 6.45) is 1.47. The Labute approximate surface area is 209 Å². The molecule has 0 aliphatic carbocycles. The van der Waals surface area contributed by atoms with E-state index in [0.29, 0.717) is 39.3 Å². The zero-order chi connectivity index (χ0) is 25.5. The number of pyridine rings is 2. The number of nitrogens with two attached hydrogens (primary N) is 1. The Morgan fingerprint density at radius 3 is 2.58 bits per heavy atom. The monoisotopic (exact) mass is 502 g/mol. The molecular weight excluding hydrogens is 483 g/mol. The van der Waals surface area contributed by atoms with Crippen molar-refractivity contribution in [2.45, 2.75) is 10.8 Å². The summed E-state index contributed by atoms with van der Waals surface area (Å²) in [5.74, 6) is 0.892. The minimum absolute atomic E-state index is 0.00196. The van der Waals surface area contributed by atoms with Crippen molar-refractivity contribution < 1.29 is 14.2 Å². The highest BCUT2D eigenvalue weighted by Gasteiger charge is 2.21. The third-order valence-electron chi connectivity index (χ3n) is 4.89. The van der Waals surface area contributed by atoms with Crippen molar-refractivity contribution in [1.29, 1.82) is 10.5 Å². The van der Waals surface area contributed by atoms with E-state index in [9.17, 15) is 14.9 Å². The molecule has 0 aliphatic rings. The minimum Gasteiger partial charge on any atom is -0.475 e. The normalized spacial score (nSPS) is 10.4. The lowest BCUT2D eigenvalue weighted by molar-refractivity contribution is 0.196. The van der Waals surface area contributed by atoms with Crippen LogP contribution in [0.15, 0.2) is 53.7 Å². The quantitative estimate of drug-likeness (QED) is 0.247. The van der Waals surface area contributed by atoms with Crippen molar-refractivity contribution in [3.8, 4) is 29.1 Å². The predicted octanol–water partition coefficient (Wildman–Crippen LogP) is 3.74. The predicted molar refractivity (Wildman–Crippen MR) is 132 cm³/mol. The summed E-state index contributed by atoms with van der Waals surface area (Å²) in [5.41, 5.74) is 8.61. The Bertz CT molecular complexity index is 1440. The molecule has 0 atom stereocenters. The van der Waals surface area contributed by atoms with Gasteiger partial charge in [-0.2, -0.15) is 15.6 Å². The zero-order valence-electron chi connectivity index (χ0n) is 18.7. The molecular formula is C24H19FN8O2S. The van der Waals surface area contributed by atoms with Crippen LogP contribution in [0.25, 0.3) is 11.1 Å². The molecule has 0 unspecified atom stereocenters. The molecule has 0 aliphatic heterocycles. The second-order valence-corrected chi connectivity index (χ2v) is 8.27. The van der Waals surface area contributed by atoms with E-state index >= 15 is 0 Å². The van der Waals surface area contributed by atoms with Crippen molar-refractivity contribution >= 4 is 29.1 Å². The fourth-order valence-electron chi connectivity index (χ4n) is 3.28. The number of aliphatic hydroxyl groups excluding tert-OH is 1. The molecule has 3 aromatic heterocycles. The summed E-state index contributed by atoms with van der Waals surface area (Å²) in [6.45, 7) is -0.0564. The third kappa shape index (κ3) is 5.52. The summed E-state index contributed by atoms with van der Waals surface area (Å²) in [5, 5.41) is 39.1. The molecule has 180 valence electrons. The van der Waals surface area contributed by atoms with E-state index in [4.69, 9.17) is 15.6 Å². The average Bonchev–Trinajstić information content (AvgIpc) is 3.34. The van der Waals surface area contributed by atoms with Gasteiger partial charge in [0.1, 0.15) is 41.0 Å². The number of rotatable bonds is 9. The standard InChI is InChI=1S/C24H19FN8O2S/c25-15-2-4-16(5-3-15)30-20-9-17(32-33-20)13-36-24-19(11-27)22(18(10-26)23(28)31-24)14-1-6-21(29-12-14)35-8-7-34/h1-6,9,12,34H,7-8,13H2,(H2,28,31)(H2,30,32,33). The van der Waals surface area contributed by atoms with Crippen LogP contribution in [0.4, 0.5) is 21.7 Å². The number of hydrogen-bond donors (Lipinski definition) is 4. The van der Waals surface area contributed by atoms with E-state index in [1.54, 1.807) is 30.3 Å². The summed E-state index contributed by atoms with van der Waals surface area (Å²) in [4.78, 5) is 8.47. The van der Waals surface area contributed by atoms with E-state index in [0.717, 1.165) is 5.69 Å². The number of halogens is 1. The van der Waals surface area contributed by atoms with Crippen molar-refractivity contribution in [2.24, 2.45) is 0 Å². The fraction of sp³-hybridized carbons (Fsp3) is 0.125. The van der Waals surface area contributed by atoms with Gasteiger partial charge in [0.25, 0.3) is 0 Å². The number of hydrogen-bond acceptors (Lipinski definition) is 10. The Kier molecular flexibility index (Phi) is 7.60. The van der Waals surface area contributed by atoms with Gasteiger partial charge in [-0.1, -0.05) is 11.8 Å². The number of aromatic nitrogens is 4.